The minimum absolute atomic E-state index is 0.00407. The van der Waals surface area contributed by atoms with Gasteiger partial charge in [0.25, 0.3) is 0 Å². The van der Waals surface area contributed by atoms with E-state index in [1.165, 1.54) is 4.88 Å². The molecule has 0 aliphatic carbocycles. The molecule has 0 unspecified atom stereocenters. The summed E-state index contributed by atoms with van der Waals surface area (Å²) >= 11 is 1.67. The van der Waals surface area contributed by atoms with Crippen LogP contribution in [-0.4, -0.2) is 29.1 Å². The molecule has 2 aromatic rings. The van der Waals surface area contributed by atoms with Gasteiger partial charge in [-0.25, -0.2) is 4.98 Å². The van der Waals surface area contributed by atoms with Crippen molar-refractivity contribution in [2.24, 2.45) is 0 Å². The van der Waals surface area contributed by atoms with Gasteiger partial charge >= 0.3 is 5.97 Å². The summed E-state index contributed by atoms with van der Waals surface area (Å²) in [5, 5.41) is 12.4. The maximum absolute atomic E-state index is 10.4. The Hall–Kier alpha value is -1.72. The van der Waals surface area contributed by atoms with Crippen molar-refractivity contribution >= 4 is 17.3 Å². The van der Waals surface area contributed by atoms with Crippen LogP contribution in [0.1, 0.15) is 9.88 Å². The van der Waals surface area contributed by atoms with Crippen LogP contribution in [0.3, 0.4) is 0 Å². The molecule has 0 atom stereocenters. The van der Waals surface area contributed by atoms with Gasteiger partial charge in [-0.3, -0.25) is 4.79 Å². The van der Waals surface area contributed by atoms with E-state index in [-0.39, 0.29) is 6.54 Å². The molecule has 0 saturated carbocycles. The summed E-state index contributed by atoms with van der Waals surface area (Å²) in [6.45, 7) is 2.69. The Kier molecular flexibility index (Phi) is 4.65. The molecule has 100 valence electrons. The van der Waals surface area contributed by atoms with E-state index < -0.39 is 5.97 Å². The minimum atomic E-state index is -0.833. The zero-order valence-corrected chi connectivity index (χ0v) is 11.5. The van der Waals surface area contributed by atoms with E-state index in [0.717, 1.165) is 22.7 Å². The van der Waals surface area contributed by atoms with Crippen molar-refractivity contribution in [2.45, 2.75) is 13.3 Å². The Morgan fingerprint density at radius 2 is 2.11 bits per heavy atom. The van der Waals surface area contributed by atoms with Gasteiger partial charge < -0.3 is 10.4 Å². The van der Waals surface area contributed by atoms with Crippen LogP contribution >= 0.6 is 11.3 Å². The van der Waals surface area contributed by atoms with Gasteiger partial charge in [0.15, 0.2) is 0 Å². The molecule has 0 fully saturated rings. The summed E-state index contributed by atoms with van der Waals surface area (Å²) in [6, 6.07) is 10.1. The third kappa shape index (κ3) is 3.87. The molecule has 2 rings (SSSR count). The number of carbonyl (C=O) groups is 1. The standard InChI is InChI=1S/C14H16N2O2S/c1-10-14(11-5-3-2-4-6-11)16-12(19-10)7-8-15-9-13(17)18/h2-6,15H,7-9H2,1H3,(H,17,18). The summed E-state index contributed by atoms with van der Waals surface area (Å²) in [6.07, 6.45) is 0.756. The van der Waals surface area contributed by atoms with Gasteiger partial charge in [-0.05, 0) is 6.92 Å². The van der Waals surface area contributed by atoms with Crippen LogP contribution in [0.15, 0.2) is 30.3 Å². The molecule has 2 N–H and O–H groups in total. The average molecular weight is 276 g/mol. The van der Waals surface area contributed by atoms with E-state index in [0.29, 0.717) is 6.54 Å². The van der Waals surface area contributed by atoms with Crippen molar-refractivity contribution in [1.29, 1.82) is 0 Å². The maximum Gasteiger partial charge on any atom is 0.317 e. The number of aryl methyl sites for hydroxylation is 1. The lowest BCUT2D eigenvalue weighted by molar-refractivity contribution is -0.135. The summed E-state index contributed by atoms with van der Waals surface area (Å²) in [5.74, 6) is -0.833. The van der Waals surface area contributed by atoms with Crippen molar-refractivity contribution in [1.82, 2.24) is 10.3 Å². The number of nitrogens with one attached hydrogen (secondary N) is 1. The molecule has 0 amide bonds. The number of thiazole rings is 1. The lowest BCUT2D eigenvalue weighted by atomic mass is 10.1. The highest BCUT2D eigenvalue weighted by atomic mass is 32.1. The summed E-state index contributed by atoms with van der Waals surface area (Å²) < 4.78 is 0. The fraction of sp³-hybridized carbons (Fsp3) is 0.286. The van der Waals surface area contributed by atoms with Crippen LogP contribution in [0, 0.1) is 6.92 Å². The van der Waals surface area contributed by atoms with E-state index in [1.54, 1.807) is 11.3 Å². The molecular formula is C14H16N2O2S. The molecule has 0 aliphatic rings. The number of rotatable bonds is 6. The van der Waals surface area contributed by atoms with E-state index in [1.807, 2.05) is 18.2 Å². The normalized spacial score (nSPS) is 10.6. The fourth-order valence-corrected chi connectivity index (χ4v) is 2.77. The maximum atomic E-state index is 10.4. The zero-order valence-electron chi connectivity index (χ0n) is 10.7. The number of aliphatic carboxylic acids is 1. The fourth-order valence-electron chi connectivity index (χ4n) is 1.81. The molecule has 1 aromatic carbocycles. The number of hydrogen-bond donors (Lipinski definition) is 2. The third-order valence-electron chi connectivity index (χ3n) is 2.68. The van der Waals surface area contributed by atoms with Gasteiger partial charge in [-0.2, -0.15) is 0 Å². The van der Waals surface area contributed by atoms with Crippen molar-refractivity contribution in [2.75, 3.05) is 13.1 Å². The highest BCUT2D eigenvalue weighted by Crippen LogP contribution is 2.27. The van der Waals surface area contributed by atoms with Gasteiger partial charge in [0, 0.05) is 23.4 Å². The summed E-state index contributed by atoms with van der Waals surface area (Å²) in [4.78, 5) is 16.2. The number of benzene rings is 1. The number of aromatic nitrogens is 1. The smallest absolute Gasteiger partial charge is 0.317 e. The minimum Gasteiger partial charge on any atom is -0.480 e. The second-order valence-corrected chi connectivity index (χ2v) is 5.49. The van der Waals surface area contributed by atoms with Crippen molar-refractivity contribution in [3.05, 3.63) is 40.2 Å². The highest BCUT2D eigenvalue weighted by Gasteiger charge is 2.09. The number of hydrogen-bond acceptors (Lipinski definition) is 4. The van der Waals surface area contributed by atoms with E-state index in [2.05, 4.69) is 29.4 Å². The molecule has 5 heteroatoms. The van der Waals surface area contributed by atoms with Crippen LogP contribution in [0.5, 0.6) is 0 Å². The number of nitrogens with zero attached hydrogens (tertiary/aromatic N) is 1. The van der Waals surface area contributed by atoms with Gasteiger partial charge in [0.1, 0.15) is 0 Å². The number of carboxylic acids is 1. The second kappa shape index (κ2) is 6.45. The first kappa shape index (κ1) is 13.7. The lowest BCUT2D eigenvalue weighted by Crippen LogP contribution is -2.24. The quantitative estimate of drug-likeness (QED) is 0.795. The predicted molar refractivity (Wildman–Crippen MR) is 76.5 cm³/mol. The molecule has 1 aromatic heterocycles. The predicted octanol–water partition coefficient (Wildman–Crippen LogP) is 2.34. The van der Waals surface area contributed by atoms with Crippen LogP contribution in [0.4, 0.5) is 0 Å². The van der Waals surface area contributed by atoms with Crippen LogP contribution in [0.25, 0.3) is 11.3 Å². The van der Waals surface area contributed by atoms with Gasteiger partial charge in [0.05, 0.1) is 17.2 Å². The SMILES string of the molecule is Cc1sc(CCNCC(=O)O)nc1-c1ccccc1. The van der Waals surface area contributed by atoms with Crippen molar-refractivity contribution < 1.29 is 9.90 Å². The van der Waals surface area contributed by atoms with Crippen molar-refractivity contribution in [3.8, 4) is 11.3 Å². The molecule has 0 bridgehead atoms. The molecule has 0 saturated heterocycles. The summed E-state index contributed by atoms with van der Waals surface area (Å²) in [7, 11) is 0. The van der Waals surface area contributed by atoms with Crippen molar-refractivity contribution in [3.63, 3.8) is 0 Å². The summed E-state index contributed by atoms with van der Waals surface area (Å²) in [5.41, 5.74) is 2.15. The highest BCUT2D eigenvalue weighted by molar-refractivity contribution is 7.12. The Morgan fingerprint density at radius 1 is 1.37 bits per heavy atom. The van der Waals surface area contributed by atoms with E-state index >= 15 is 0 Å². The second-order valence-electron chi connectivity index (χ2n) is 4.20. The largest absolute Gasteiger partial charge is 0.480 e. The van der Waals surface area contributed by atoms with Crippen LogP contribution in [-0.2, 0) is 11.2 Å². The molecule has 1 heterocycles. The van der Waals surface area contributed by atoms with Crippen LogP contribution in [0.2, 0.25) is 0 Å². The Morgan fingerprint density at radius 3 is 2.79 bits per heavy atom. The molecule has 0 aliphatic heterocycles. The van der Waals surface area contributed by atoms with Gasteiger partial charge in [0.2, 0.25) is 0 Å². The first-order chi connectivity index (χ1) is 9.16. The van der Waals surface area contributed by atoms with Gasteiger partial charge in [-0.15, -0.1) is 11.3 Å². The molecule has 0 radical (unpaired) electrons. The first-order valence-electron chi connectivity index (χ1n) is 6.11. The lowest BCUT2D eigenvalue weighted by Gasteiger charge is -1.98. The topological polar surface area (TPSA) is 62.2 Å². The van der Waals surface area contributed by atoms with E-state index in [4.69, 9.17) is 5.11 Å². The van der Waals surface area contributed by atoms with E-state index in [9.17, 15) is 4.79 Å². The zero-order chi connectivity index (χ0) is 13.7. The molecular weight excluding hydrogens is 260 g/mol. The Bertz CT molecular complexity index is 552. The van der Waals surface area contributed by atoms with Crippen LogP contribution < -0.4 is 5.32 Å². The molecule has 4 nitrogen and oxygen atoms in total. The first-order valence-corrected chi connectivity index (χ1v) is 6.92. The molecule has 0 spiro atoms. The average Bonchev–Trinajstić information content (AvgIpc) is 2.77. The monoisotopic (exact) mass is 276 g/mol. The third-order valence-corrected chi connectivity index (χ3v) is 3.71. The Labute approximate surface area is 116 Å². The number of carboxylic acid groups (broad SMARTS) is 1. The van der Waals surface area contributed by atoms with Gasteiger partial charge in [-0.1, -0.05) is 30.3 Å². The molecule has 19 heavy (non-hydrogen) atoms. The Balaban J connectivity index is 1.99.